The molecule has 1 atom stereocenters. The van der Waals surface area contributed by atoms with Crippen molar-refractivity contribution in [2.45, 2.75) is 39.8 Å². The molecule has 1 N–H and O–H groups in total. The lowest BCUT2D eigenvalue weighted by atomic mass is 9.92. The number of hydrogen-bond donors (Lipinski definition) is 1. The van der Waals surface area contributed by atoms with Gasteiger partial charge in [-0.05, 0) is 24.0 Å². The molecule has 98 valence electrons. The fraction of sp³-hybridized carbons (Fsp3) is 0.500. The third-order valence-electron chi connectivity index (χ3n) is 2.91. The lowest BCUT2D eigenvalue weighted by molar-refractivity contribution is 0.173. The zero-order valence-electron chi connectivity index (χ0n) is 11.1. The quantitative estimate of drug-likeness (QED) is 0.905. The summed E-state index contributed by atoms with van der Waals surface area (Å²) in [5, 5.41) is 10.2. The third kappa shape index (κ3) is 3.01. The molecule has 4 heteroatoms. The number of hydrogen-bond acceptors (Lipinski definition) is 3. The normalized spacial score (nSPS) is 13.8. The minimum atomic E-state index is -0.796. The molecule has 2 heterocycles. The van der Waals surface area contributed by atoms with E-state index in [-0.39, 0.29) is 5.41 Å². The molecule has 0 aliphatic carbocycles. The summed E-state index contributed by atoms with van der Waals surface area (Å²) in [5.41, 5.74) is 0.261. The maximum absolute atomic E-state index is 10.2. The molecule has 0 aromatic carbocycles. The van der Waals surface area contributed by atoms with E-state index in [1.807, 2.05) is 10.8 Å². The predicted molar refractivity (Wildman–Crippen MR) is 69.1 cm³/mol. The summed E-state index contributed by atoms with van der Waals surface area (Å²) >= 11 is 0. The summed E-state index contributed by atoms with van der Waals surface area (Å²) < 4.78 is 7.20. The first kappa shape index (κ1) is 12.9. The summed E-state index contributed by atoms with van der Waals surface area (Å²) in [7, 11) is 0. The van der Waals surface area contributed by atoms with Crippen molar-refractivity contribution in [1.82, 2.24) is 9.55 Å². The maximum atomic E-state index is 10.2. The van der Waals surface area contributed by atoms with Gasteiger partial charge in [-0.25, -0.2) is 4.98 Å². The molecule has 0 aliphatic rings. The molecule has 2 aromatic heterocycles. The molecule has 0 amide bonds. The van der Waals surface area contributed by atoms with E-state index in [2.05, 4.69) is 25.8 Å². The van der Waals surface area contributed by atoms with Crippen molar-refractivity contribution in [1.29, 1.82) is 0 Å². The highest BCUT2D eigenvalue weighted by atomic mass is 16.4. The van der Waals surface area contributed by atoms with Crippen LogP contribution < -0.4 is 0 Å². The zero-order chi connectivity index (χ0) is 13.2. The summed E-state index contributed by atoms with van der Waals surface area (Å²) in [5.74, 6) is 1.16. The van der Waals surface area contributed by atoms with Crippen molar-refractivity contribution < 1.29 is 9.52 Å². The van der Waals surface area contributed by atoms with Crippen LogP contribution in [0.4, 0.5) is 0 Å². The smallest absolute Gasteiger partial charge is 0.169 e. The Morgan fingerprint density at radius 3 is 2.83 bits per heavy atom. The average Bonchev–Trinajstić information content (AvgIpc) is 2.95. The van der Waals surface area contributed by atoms with Gasteiger partial charge >= 0.3 is 0 Å². The van der Waals surface area contributed by atoms with Gasteiger partial charge < -0.3 is 14.1 Å². The Hall–Kier alpha value is -1.55. The highest BCUT2D eigenvalue weighted by Crippen LogP contribution is 2.24. The van der Waals surface area contributed by atoms with Gasteiger partial charge in [-0.2, -0.15) is 0 Å². The van der Waals surface area contributed by atoms with E-state index in [1.54, 1.807) is 24.6 Å². The molecule has 0 aliphatic heterocycles. The van der Waals surface area contributed by atoms with Crippen LogP contribution in [0.25, 0.3) is 0 Å². The van der Waals surface area contributed by atoms with Crippen molar-refractivity contribution in [2.75, 3.05) is 0 Å². The number of aliphatic hydroxyl groups excluding tert-OH is 1. The summed E-state index contributed by atoms with van der Waals surface area (Å²) in [6.45, 7) is 7.45. The summed E-state index contributed by atoms with van der Waals surface area (Å²) in [4.78, 5) is 4.23. The first-order valence-electron chi connectivity index (χ1n) is 6.20. The van der Waals surface area contributed by atoms with Gasteiger partial charge in [0.05, 0.1) is 6.26 Å². The van der Waals surface area contributed by atoms with Crippen LogP contribution in [-0.2, 0) is 6.54 Å². The van der Waals surface area contributed by atoms with E-state index in [9.17, 15) is 5.11 Å². The van der Waals surface area contributed by atoms with Crippen LogP contribution in [0.1, 0.15) is 44.9 Å². The molecule has 0 spiro atoms. The van der Waals surface area contributed by atoms with Crippen molar-refractivity contribution in [3.8, 4) is 0 Å². The largest absolute Gasteiger partial charge is 0.466 e. The molecule has 4 nitrogen and oxygen atoms in total. The van der Waals surface area contributed by atoms with Crippen LogP contribution in [0.5, 0.6) is 0 Å². The molecular formula is C14H20N2O2. The minimum absolute atomic E-state index is 0.261. The summed E-state index contributed by atoms with van der Waals surface area (Å²) in [6.07, 6.45) is 5.40. The highest BCUT2D eigenvalue weighted by Gasteiger charge is 2.19. The lowest BCUT2D eigenvalue weighted by Gasteiger charge is -2.19. The lowest BCUT2D eigenvalue weighted by Crippen LogP contribution is -2.14. The van der Waals surface area contributed by atoms with Crippen LogP contribution in [0, 0.1) is 5.41 Å². The van der Waals surface area contributed by atoms with Gasteiger partial charge in [-0.1, -0.05) is 20.8 Å². The monoisotopic (exact) mass is 248 g/mol. The average molecular weight is 248 g/mol. The van der Waals surface area contributed by atoms with Gasteiger partial charge in [-0.15, -0.1) is 0 Å². The first-order valence-corrected chi connectivity index (χ1v) is 6.20. The van der Waals surface area contributed by atoms with E-state index in [0.717, 1.165) is 13.0 Å². The SMILES string of the molecule is CC(C)(C)CCn1ccnc1C(O)c1ccco1. The molecule has 18 heavy (non-hydrogen) atoms. The van der Waals surface area contributed by atoms with Crippen LogP contribution in [0.15, 0.2) is 35.2 Å². The van der Waals surface area contributed by atoms with Crippen molar-refractivity contribution >= 4 is 0 Å². The Kier molecular flexibility index (Phi) is 3.57. The van der Waals surface area contributed by atoms with Gasteiger partial charge in [0.25, 0.3) is 0 Å². The van der Waals surface area contributed by atoms with Gasteiger partial charge in [-0.3, -0.25) is 0 Å². The standard InChI is InChI=1S/C14H20N2O2/c1-14(2,3)6-8-16-9-7-15-13(16)12(17)11-5-4-10-18-11/h4-5,7,9-10,12,17H,6,8H2,1-3H3. The highest BCUT2D eigenvalue weighted by molar-refractivity contribution is 5.12. The fourth-order valence-corrected chi connectivity index (χ4v) is 1.79. The fourth-order valence-electron chi connectivity index (χ4n) is 1.79. The number of rotatable bonds is 4. The second-order valence-electron chi connectivity index (χ2n) is 5.71. The molecule has 0 radical (unpaired) electrons. The Morgan fingerprint density at radius 1 is 1.44 bits per heavy atom. The zero-order valence-corrected chi connectivity index (χ0v) is 11.1. The van der Waals surface area contributed by atoms with Gasteiger partial charge in [0.2, 0.25) is 0 Å². The third-order valence-corrected chi connectivity index (χ3v) is 2.91. The molecular weight excluding hydrogens is 228 g/mol. The van der Waals surface area contributed by atoms with Gasteiger partial charge in [0.15, 0.2) is 6.10 Å². The van der Waals surface area contributed by atoms with Crippen LogP contribution in [0.3, 0.4) is 0 Å². The molecule has 2 rings (SSSR count). The van der Waals surface area contributed by atoms with E-state index in [1.165, 1.54) is 0 Å². The molecule has 0 bridgehead atoms. The van der Waals surface area contributed by atoms with E-state index >= 15 is 0 Å². The minimum Gasteiger partial charge on any atom is -0.466 e. The summed E-state index contributed by atoms with van der Waals surface area (Å²) in [6, 6.07) is 3.52. The first-order chi connectivity index (χ1) is 8.47. The number of aromatic nitrogens is 2. The van der Waals surface area contributed by atoms with Crippen LogP contribution >= 0.6 is 0 Å². The molecule has 0 saturated carbocycles. The van der Waals surface area contributed by atoms with E-state index in [4.69, 9.17) is 4.42 Å². The number of aryl methyl sites for hydroxylation is 1. The van der Waals surface area contributed by atoms with Crippen molar-refractivity contribution in [3.05, 3.63) is 42.4 Å². The van der Waals surface area contributed by atoms with Crippen LogP contribution in [0.2, 0.25) is 0 Å². The van der Waals surface area contributed by atoms with Crippen LogP contribution in [-0.4, -0.2) is 14.7 Å². The van der Waals surface area contributed by atoms with Gasteiger partial charge in [0.1, 0.15) is 11.6 Å². The maximum Gasteiger partial charge on any atom is 0.169 e. The second-order valence-corrected chi connectivity index (χ2v) is 5.71. The molecule has 2 aromatic rings. The molecule has 1 unspecified atom stereocenters. The van der Waals surface area contributed by atoms with Crippen molar-refractivity contribution in [2.24, 2.45) is 5.41 Å². The number of aliphatic hydroxyl groups is 1. The number of nitrogens with zero attached hydrogens (tertiary/aromatic N) is 2. The van der Waals surface area contributed by atoms with E-state index < -0.39 is 6.10 Å². The topological polar surface area (TPSA) is 51.2 Å². The molecule has 0 fully saturated rings. The predicted octanol–water partition coefficient (Wildman–Crippen LogP) is 2.99. The van der Waals surface area contributed by atoms with Crippen molar-refractivity contribution in [3.63, 3.8) is 0 Å². The van der Waals surface area contributed by atoms with E-state index in [0.29, 0.717) is 11.6 Å². The molecule has 0 saturated heterocycles. The number of imidazole rings is 1. The Bertz CT molecular complexity index is 480. The van der Waals surface area contributed by atoms with Gasteiger partial charge in [0, 0.05) is 18.9 Å². The Balaban J connectivity index is 2.13. The second kappa shape index (κ2) is 4.98. The number of furan rings is 1. The Morgan fingerprint density at radius 2 is 2.22 bits per heavy atom. The Labute approximate surface area is 107 Å².